The molecule has 0 fully saturated rings. The van der Waals surface area contributed by atoms with E-state index >= 15 is 0 Å². The SMILES string of the molecule is CCCCC(c1cccnc1)N(C)C(=O)NCc1nnc(CC)s1. The highest BCUT2D eigenvalue weighted by Crippen LogP contribution is 2.24. The molecule has 6 nitrogen and oxygen atoms in total. The minimum atomic E-state index is -0.104. The van der Waals surface area contributed by atoms with Gasteiger partial charge in [0.05, 0.1) is 12.6 Å². The predicted molar refractivity (Wildman–Crippen MR) is 95.8 cm³/mol. The quantitative estimate of drug-likeness (QED) is 0.792. The number of nitrogens with zero attached hydrogens (tertiary/aromatic N) is 4. The number of rotatable bonds is 8. The highest BCUT2D eigenvalue weighted by atomic mass is 32.1. The van der Waals surface area contributed by atoms with Crippen molar-refractivity contribution < 1.29 is 4.79 Å². The summed E-state index contributed by atoms with van der Waals surface area (Å²) in [6.07, 6.45) is 7.53. The lowest BCUT2D eigenvalue weighted by molar-refractivity contribution is 0.185. The number of urea groups is 1. The molecule has 2 rings (SSSR count). The number of hydrogen-bond acceptors (Lipinski definition) is 5. The lowest BCUT2D eigenvalue weighted by atomic mass is 10.0. The van der Waals surface area contributed by atoms with Crippen LogP contribution in [0.2, 0.25) is 0 Å². The Morgan fingerprint density at radius 2 is 2.12 bits per heavy atom. The summed E-state index contributed by atoms with van der Waals surface area (Å²) in [6.45, 7) is 4.61. The van der Waals surface area contributed by atoms with Crippen molar-refractivity contribution >= 4 is 17.4 Å². The highest BCUT2D eigenvalue weighted by Gasteiger charge is 2.21. The summed E-state index contributed by atoms with van der Waals surface area (Å²) in [4.78, 5) is 18.5. The van der Waals surface area contributed by atoms with Crippen LogP contribution < -0.4 is 5.32 Å². The Balaban J connectivity index is 1.99. The fourth-order valence-electron chi connectivity index (χ4n) is 2.47. The second kappa shape index (κ2) is 9.32. The Hall–Kier alpha value is -2.02. The maximum atomic E-state index is 12.5. The first-order valence-electron chi connectivity index (χ1n) is 8.37. The summed E-state index contributed by atoms with van der Waals surface area (Å²) < 4.78 is 0. The van der Waals surface area contributed by atoms with Crippen molar-refractivity contribution in [1.82, 2.24) is 25.4 Å². The third-order valence-electron chi connectivity index (χ3n) is 3.89. The Morgan fingerprint density at radius 1 is 1.33 bits per heavy atom. The third kappa shape index (κ3) is 4.99. The lowest BCUT2D eigenvalue weighted by Gasteiger charge is -2.28. The third-order valence-corrected chi connectivity index (χ3v) is 4.96. The van der Waals surface area contributed by atoms with Gasteiger partial charge in [-0.25, -0.2) is 4.79 Å². The molecule has 0 saturated heterocycles. The first-order valence-corrected chi connectivity index (χ1v) is 9.19. The highest BCUT2D eigenvalue weighted by molar-refractivity contribution is 7.11. The second-order valence-corrected chi connectivity index (χ2v) is 6.80. The normalized spacial score (nSPS) is 12.0. The van der Waals surface area contributed by atoms with Gasteiger partial charge in [0.1, 0.15) is 10.0 Å². The van der Waals surface area contributed by atoms with Crippen LogP contribution >= 0.6 is 11.3 Å². The Morgan fingerprint density at radius 3 is 2.75 bits per heavy atom. The van der Waals surface area contributed by atoms with Gasteiger partial charge in [-0.3, -0.25) is 4.98 Å². The molecular formula is C17H25N5OS. The van der Waals surface area contributed by atoms with E-state index in [4.69, 9.17) is 0 Å². The van der Waals surface area contributed by atoms with Gasteiger partial charge < -0.3 is 10.2 Å². The summed E-state index contributed by atoms with van der Waals surface area (Å²) in [6, 6.07) is 3.86. The van der Waals surface area contributed by atoms with Crippen molar-refractivity contribution in [2.24, 2.45) is 0 Å². The van der Waals surface area contributed by atoms with Gasteiger partial charge in [-0.15, -0.1) is 10.2 Å². The number of nitrogens with one attached hydrogen (secondary N) is 1. The molecule has 2 aromatic rings. The van der Waals surface area contributed by atoms with E-state index in [1.54, 1.807) is 11.1 Å². The molecule has 0 aromatic carbocycles. The van der Waals surface area contributed by atoms with Crippen LogP contribution in [0, 0.1) is 0 Å². The van der Waals surface area contributed by atoms with Crippen molar-refractivity contribution in [3.8, 4) is 0 Å². The standard InChI is InChI=1S/C17H25N5OS/c1-4-6-9-14(13-8-7-10-18-11-13)22(3)17(23)19-12-16-21-20-15(5-2)24-16/h7-8,10-11,14H,4-6,9,12H2,1-3H3,(H,19,23). The largest absolute Gasteiger partial charge is 0.331 e. The van der Waals surface area contributed by atoms with E-state index in [1.165, 1.54) is 11.3 Å². The smallest absolute Gasteiger partial charge is 0.318 e. The molecule has 2 amide bonds. The Bertz CT molecular complexity index is 631. The van der Waals surface area contributed by atoms with Crippen molar-refractivity contribution in [1.29, 1.82) is 0 Å². The molecule has 0 radical (unpaired) electrons. The van der Waals surface area contributed by atoms with Crippen LogP contribution in [0.15, 0.2) is 24.5 Å². The van der Waals surface area contributed by atoms with E-state index in [0.717, 1.165) is 41.3 Å². The molecular weight excluding hydrogens is 322 g/mol. The number of carbonyl (C=O) groups is 1. The maximum Gasteiger partial charge on any atom is 0.318 e. The van der Waals surface area contributed by atoms with Crippen molar-refractivity contribution in [3.63, 3.8) is 0 Å². The van der Waals surface area contributed by atoms with E-state index in [2.05, 4.69) is 27.4 Å². The summed E-state index contributed by atoms with van der Waals surface area (Å²) in [5, 5.41) is 12.9. The van der Waals surface area contributed by atoms with Gasteiger partial charge in [-0.05, 0) is 24.5 Å². The maximum absolute atomic E-state index is 12.5. The van der Waals surface area contributed by atoms with Crippen LogP contribution in [0.1, 0.15) is 54.7 Å². The summed E-state index contributed by atoms with van der Waals surface area (Å²) in [7, 11) is 1.83. The number of pyridine rings is 1. The molecule has 130 valence electrons. The number of aromatic nitrogens is 3. The molecule has 7 heteroatoms. The molecule has 1 unspecified atom stereocenters. The van der Waals surface area contributed by atoms with Gasteiger partial charge in [0.15, 0.2) is 0 Å². The molecule has 0 aliphatic heterocycles. The van der Waals surface area contributed by atoms with E-state index < -0.39 is 0 Å². The molecule has 0 aliphatic carbocycles. The molecule has 0 bridgehead atoms. The molecule has 24 heavy (non-hydrogen) atoms. The first-order chi connectivity index (χ1) is 11.7. The topological polar surface area (TPSA) is 71.0 Å². The average molecular weight is 347 g/mol. The van der Waals surface area contributed by atoms with Crippen LogP contribution in [0.5, 0.6) is 0 Å². The molecule has 0 aliphatic rings. The molecule has 1 atom stereocenters. The van der Waals surface area contributed by atoms with Crippen molar-refractivity contribution in [2.75, 3.05) is 7.05 Å². The number of carbonyl (C=O) groups excluding carboxylic acids is 1. The molecule has 0 spiro atoms. The number of hydrogen-bond donors (Lipinski definition) is 1. The van der Waals surface area contributed by atoms with Gasteiger partial charge >= 0.3 is 6.03 Å². The zero-order chi connectivity index (χ0) is 17.4. The summed E-state index contributed by atoms with van der Waals surface area (Å²) >= 11 is 1.54. The molecule has 0 saturated carbocycles. The zero-order valence-corrected chi connectivity index (χ0v) is 15.3. The second-order valence-electron chi connectivity index (χ2n) is 5.66. The number of unbranched alkanes of at least 4 members (excludes halogenated alkanes) is 1. The predicted octanol–water partition coefficient (Wildman–Crippen LogP) is 3.57. The van der Waals surface area contributed by atoms with Crippen LogP contribution in [-0.4, -0.2) is 33.2 Å². The molecule has 1 N–H and O–H groups in total. The number of aryl methyl sites for hydroxylation is 1. The van der Waals surface area contributed by atoms with E-state index in [9.17, 15) is 4.79 Å². The van der Waals surface area contributed by atoms with Gasteiger partial charge in [-0.1, -0.05) is 44.1 Å². The fourth-order valence-corrected chi connectivity index (χ4v) is 3.20. The van der Waals surface area contributed by atoms with E-state index in [0.29, 0.717) is 6.54 Å². The van der Waals surface area contributed by atoms with Gasteiger partial charge in [-0.2, -0.15) is 0 Å². The first kappa shape index (κ1) is 18.3. The monoisotopic (exact) mass is 347 g/mol. The lowest BCUT2D eigenvalue weighted by Crippen LogP contribution is -2.39. The van der Waals surface area contributed by atoms with E-state index in [1.807, 2.05) is 32.3 Å². The fraction of sp³-hybridized carbons (Fsp3) is 0.529. The summed E-state index contributed by atoms with van der Waals surface area (Å²) in [5.41, 5.74) is 1.06. The van der Waals surface area contributed by atoms with Crippen LogP contribution in [0.25, 0.3) is 0 Å². The minimum Gasteiger partial charge on any atom is -0.331 e. The van der Waals surface area contributed by atoms with Crippen LogP contribution in [0.3, 0.4) is 0 Å². The van der Waals surface area contributed by atoms with E-state index in [-0.39, 0.29) is 12.1 Å². The van der Waals surface area contributed by atoms with Crippen molar-refractivity contribution in [2.45, 2.75) is 52.1 Å². The minimum absolute atomic E-state index is 0.0271. The van der Waals surface area contributed by atoms with Gasteiger partial charge in [0, 0.05) is 19.4 Å². The Kier molecular flexibility index (Phi) is 7.11. The van der Waals surface area contributed by atoms with Crippen LogP contribution in [-0.2, 0) is 13.0 Å². The summed E-state index contributed by atoms with van der Waals surface area (Å²) in [5.74, 6) is 0. The average Bonchev–Trinajstić information content (AvgIpc) is 3.09. The van der Waals surface area contributed by atoms with Gasteiger partial charge in [0.2, 0.25) is 0 Å². The zero-order valence-electron chi connectivity index (χ0n) is 14.5. The van der Waals surface area contributed by atoms with Gasteiger partial charge in [0.25, 0.3) is 0 Å². The number of amides is 2. The molecule has 2 aromatic heterocycles. The Labute approximate surface area is 147 Å². The molecule has 2 heterocycles. The van der Waals surface area contributed by atoms with Crippen LogP contribution in [0.4, 0.5) is 4.79 Å². The van der Waals surface area contributed by atoms with Crippen molar-refractivity contribution in [3.05, 3.63) is 40.1 Å².